The van der Waals surface area contributed by atoms with Crippen molar-refractivity contribution in [2.75, 3.05) is 11.9 Å². The van der Waals surface area contributed by atoms with Crippen LogP contribution in [0.25, 0.3) is 0 Å². The normalized spacial score (nSPS) is 22.4. The highest BCUT2D eigenvalue weighted by molar-refractivity contribution is 6.33. The first kappa shape index (κ1) is 16.1. The van der Waals surface area contributed by atoms with E-state index in [2.05, 4.69) is 22.5 Å². The maximum absolute atomic E-state index is 12.3. The number of nitrogens with one attached hydrogen (secondary N) is 2. The van der Waals surface area contributed by atoms with Crippen LogP contribution < -0.4 is 10.6 Å². The van der Waals surface area contributed by atoms with Gasteiger partial charge in [0.15, 0.2) is 0 Å². The molecule has 4 nitrogen and oxygen atoms in total. The van der Waals surface area contributed by atoms with Crippen molar-refractivity contribution in [3.63, 3.8) is 0 Å². The van der Waals surface area contributed by atoms with Crippen LogP contribution in [0.5, 0.6) is 0 Å². The molecule has 0 spiro atoms. The number of carbonyl (C=O) groups excluding carboxylic acids is 1. The Labute approximate surface area is 131 Å². The first-order valence-electron chi connectivity index (χ1n) is 7.80. The maximum atomic E-state index is 12.3. The summed E-state index contributed by atoms with van der Waals surface area (Å²) in [7, 11) is 0. The van der Waals surface area contributed by atoms with Crippen molar-refractivity contribution in [1.29, 1.82) is 0 Å². The van der Waals surface area contributed by atoms with Gasteiger partial charge in [0.25, 0.3) is 5.91 Å². The van der Waals surface area contributed by atoms with Crippen LogP contribution in [0.2, 0.25) is 5.02 Å². The molecule has 0 aromatic carbocycles. The van der Waals surface area contributed by atoms with Gasteiger partial charge in [0.05, 0.1) is 10.6 Å². The van der Waals surface area contributed by atoms with E-state index in [4.69, 9.17) is 11.6 Å². The average molecular weight is 310 g/mol. The zero-order valence-electron chi connectivity index (χ0n) is 12.8. The standard InChI is InChI=1S/C16H24ClN3O/c1-3-18-15-14(17)9-12(10-19-15)16(21)20-13-6-4-5-11(2)7-8-13/h9-11,13H,3-8H2,1-2H3,(H,18,19)(H,20,21). The molecule has 116 valence electrons. The molecule has 5 heteroatoms. The van der Waals surface area contributed by atoms with E-state index < -0.39 is 0 Å². The van der Waals surface area contributed by atoms with Crippen LogP contribution in [-0.2, 0) is 0 Å². The highest BCUT2D eigenvalue weighted by Gasteiger charge is 2.19. The molecule has 2 N–H and O–H groups in total. The smallest absolute Gasteiger partial charge is 0.253 e. The van der Waals surface area contributed by atoms with E-state index in [1.54, 1.807) is 12.3 Å². The summed E-state index contributed by atoms with van der Waals surface area (Å²) < 4.78 is 0. The Morgan fingerprint density at radius 3 is 2.90 bits per heavy atom. The summed E-state index contributed by atoms with van der Waals surface area (Å²) in [5, 5.41) is 6.66. The molecule has 0 saturated heterocycles. The van der Waals surface area contributed by atoms with Crippen LogP contribution in [0, 0.1) is 5.92 Å². The summed E-state index contributed by atoms with van der Waals surface area (Å²) in [6.07, 6.45) is 7.33. The number of carbonyl (C=O) groups is 1. The zero-order valence-corrected chi connectivity index (χ0v) is 13.5. The second-order valence-electron chi connectivity index (χ2n) is 5.87. The number of amides is 1. The van der Waals surface area contributed by atoms with Gasteiger partial charge in [0, 0.05) is 18.8 Å². The number of rotatable bonds is 4. The van der Waals surface area contributed by atoms with Crippen molar-refractivity contribution in [2.45, 2.75) is 52.0 Å². The molecule has 1 amide bonds. The van der Waals surface area contributed by atoms with E-state index in [-0.39, 0.29) is 11.9 Å². The molecule has 2 rings (SSSR count). The molecule has 1 fully saturated rings. The van der Waals surface area contributed by atoms with Crippen molar-refractivity contribution >= 4 is 23.3 Å². The Balaban J connectivity index is 1.98. The number of hydrogen-bond donors (Lipinski definition) is 2. The van der Waals surface area contributed by atoms with Crippen LogP contribution >= 0.6 is 11.6 Å². The lowest BCUT2D eigenvalue weighted by atomic mass is 10.0. The monoisotopic (exact) mass is 309 g/mol. The highest BCUT2D eigenvalue weighted by atomic mass is 35.5. The van der Waals surface area contributed by atoms with Gasteiger partial charge in [-0.3, -0.25) is 4.79 Å². The van der Waals surface area contributed by atoms with E-state index >= 15 is 0 Å². The Hall–Kier alpha value is -1.29. The van der Waals surface area contributed by atoms with Gasteiger partial charge >= 0.3 is 0 Å². The lowest BCUT2D eigenvalue weighted by molar-refractivity contribution is 0.0933. The number of pyridine rings is 1. The highest BCUT2D eigenvalue weighted by Crippen LogP contribution is 2.23. The van der Waals surface area contributed by atoms with Crippen LogP contribution in [0.4, 0.5) is 5.82 Å². The fraction of sp³-hybridized carbons (Fsp3) is 0.625. The summed E-state index contributed by atoms with van der Waals surface area (Å²) in [6.45, 7) is 5.01. The molecule has 1 heterocycles. The minimum atomic E-state index is -0.0769. The SMILES string of the molecule is CCNc1ncc(C(=O)NC2CCCC(C)CC2)cc1Cl. The lowest BCUT2D eigenvalue weighted by Gasteiger charge is -2.16. The van der Waals surface area contributed by atoms with Gasteiger partial charge in [-0.2, -0.15) is 0 Å². The molecule has 21 heavy (non-hydrogen) atoms. The molecule has 0 bridgehead atoms. The third-order valence-electron chi connectivity index (χ3n) is 4.04. The number of anilines is 1. The maximum Gasteiger partial charge on any atom is 0.253 e. The van der Waals surface area contributed by atoms with Crippen molar-refractivity contribution in [3.05, 3.63) is 22.8 Å². The largest absolute Gasteiger partial charge is 0.369 e. The van der Waals surface area contributed by atoms with Gasteiger partial charge in [-0.25, -0.2) is 4.98 Å². The molecule has 1 aliphatic rings. The molecule has 2 atom stereocenters. The van der Waals surface area contributed by atoms with Gasteiger partial charge in [0.2, 0.25) is 0 Å². The van der Waals surface area contributed by atoms with Gasteiger partial charge in [-0.1, -0.05) is 31.4 Å². The van der Waals surface area contributed by atoms with Crippen LogP contribution in [0.1, 0.15) is 56.3 Å². The number of halogens is 1. The third-order valence-corrected chi connectivity index (χ3v) is 4.33. The van der Waals surface area contributed by atoms with Gasteiger partial charge in [0.1, 0.15) is 5.82 Å². The van der Waals surface area contributed by atoms with Crippen LogP contribution in [0.15, 0.2) is 12.3 Å². The van der Waals surface area contributed by atoms with E-state index in [0.717, 1.165) is 25.3 Å². The Bertz CT molecular complexity index is 492. The topological polar surface area (TPSA) is 54.0 Å². The van der Waals surface area contributed by atoms with Crippen LogP contribution in [0.3, 0.4) is 0 Å². The third kappa shape index (κ3) is 4.60. The first-order chi connectivity index (χ1) is 10.1. The van der Waals surface area contributed by atoms with Crippen molar-refractivity contribution < 1.29 is 4.79 Å². The van der Waals surface area contributed by atoms with Crippen molar-refractivity contribution in [3.8, 4) is 0 Å². The number of nitrogens with zero attached hydrogens (tertiary/aromatic N) is 1. The lowest BCUT2D eigenvalue weighted by Crippen LogP contribution is -2.34. The first-order valence-corrected chi connectivity index (χ1v) is 8.18. The summed E-state index contributed by atoms with van der Waals surface area (Å²) in [5.74, 6) is 1.31. The minimum absolute atomic E-state index is 0.0769. The summed E-state index contributed by atoms with van der Waals surface area (Å²) in [5.41, 5.74) is 0.527. The average Bonchev–Trinajstić information content (AvgIpc) is 2.66. The minimum Gasteiger partial charge on any atom is -0.369 e. The van der Waals surface area contributed by atoms with E-state index in [9.17, 15) is 4.79 Å². The predicted octanol–water partition coefficient (Wildman–Crippen LogP) is 3.87. The van der Waals surface area contributed by atoms with E-state index in [0.29, 0.717) is 16.4 Å². The predicted molar refractivity (Wildman–Crippen MR) is 86.9 cm³/mol. The number of hydrogen-bond acceptors (Lipinski definition) is 3. The fourth-order valence-electron chi connectivity index (χ4n) is 2.76. The molecule has 1 aromatic rings. The van der Waals surface area contributed by atoms with Crippen LogP contribution in [-0.4, -0.2) is 23.5 Å². The molecule has 0 radical (unpaired) electrons. The van der Waals surface area contributed by atoms with Crippen molar-refractivity contribution in [2.24, 2.45) is 5.92 Å². The molecular weight excluding hydrogens is 286 g/mol. The molecule has 2 unspecified atom stereocenters. The quantitative estimate of drug-likeness (QED) is 0.830. The second-order valence-corrected chi connectivity index (χ2v) is 6.28. The number of aromatic nitrogens is 1. The Morgan fingerprint density at radius 1 is 1.38 bits per heavy atom. The second kappa shape index (κ2) is 7.64. The fourth-order valence-corrected chi connectivity index (χ4v) is 2.99. The van der Waals surface area contributed by atoms with Crippen molar-refractivity contribution in [1.82, 2.24) is 10.3 Å². The van der Waals surface area contributed by atoms with Gasteiger partial charge in [-0.15, -0.1) is 0 Å². The molecule has 1 aromatic heterocycles. The Morgan fingerprint density at radius 2 is 2.19 bits per heavy atom. The zero-order chi connectivity index (χ0) is 15.2. The summed E-state index contributed by atoms with van der Waals surface area (Å²) >= 11 is 6.14. The Kier molecular flexibility index (Phi) is 5.85. The summed E-state index contributed by atoms with van der Waals surface area (Å²) in [4.78, 5) is 16.5. The molecule has 1 saturated carbocycles. The summed E-state index contributed by atoms with van der Waals surface area (Å²) in [6, 6.07) is 1.95. The van der Waals surface area contributed by atoms with E-state index in [1.807, 2.05) is 6.92 Å². The molecule has 1 aliphatic carbocycles. The van der Waals surface area contributed by atoms with Gasteiger partial charge < -0.3 is 10.6 Å². The van der Waals surface area contributed by atoms with E-state index in [1.165, 1.54) is 19.3 Å². The van der Waals surface area contributed by atoms with Gasteiger partial charge in [-0.05, 0) is 38.2 Å². The molecular formula is C16H24ClN3O. The molecule has 0 aliphatic heterocycles.